The maximum atomic E-state index is 12.6. The van der Waals surface area contributed by atoms with E-state index in [4.69, 9.17) is 0 Å². The number of piperidine rings is 2. The van der Waals surface area contributed by atoms with E-state index in [1.165, 1.54) is 0 Å². The largest absolute Gasteiger partial charge is 0.342 e. The summed E-state index contributed by atoms with van der Waals surface area (Å²) in [7, 11) is 0. The zero-order valence-corrected chi connectivity index (χ0v) is 12.7. The van der Waals surface area contributed by atoms with Crippen LogP contribution in [-0.2, 0) is 4.79 Å². The minimum Gasteiger partial charge on any atom is -0.342 e. The Morgan fingerprint density at radius 3 is 2.61 bits per heavy atom. The van der Waals surface area contributed by atoms with Crippen molar-refractivity contribution in [2.45, 2.75) is 40.0 Å². The Balaban J connectivity index is 0.00000162. The number of carbonyl (C=O) groups is 1. The third-order valence-corrected chi connectivity index (χ3v) is 4.73. The Morgan fingerprint density at radius 1 is 1.33 bits per heavy atom. The maximum absolute atomic E-state index is 12.6. The first-order valence-electron chi connectivity index (χ1n) is 7.03. The van der Waals surface area contributed by atoms with Crippen molar-refractivity contribution in [1.29, 1.82) is 0 Å². The third kappa shape index (κ3) is 3.18. The molecule has 3 atom stereocenters. The summed E-state index contributed by atoms with van der Waals surface area (Å²) in [4.78, 5) is 14.7. The predicted octanol–water partition coefficient (Wildman–Crippen LogP) is 2.30. The molecule has 0 bridgehead atoms. The third-order valence-electron chi connectivity index (χ3n) is 4.73. The second-order valence-corrected chi connectivity index (χ2v) is 6.34. The van der Waals surface area contributed by atoms with Crippen LogP contribution in [0.5, 0.6) is 0 Å². The van der Waals surface area contributed by atoms with Crippen molar-refractivity contribution >= 4 is 18.3 Å². The van der Waals surface area contributed by atoms with Gasteiger partial charge < -0.3 is 10.2 Å². The first-order valence-corrected chi connectivity index (χ1v) is 7.03. The normalized spacial score (nSPS) is 36.9. The van der Waals surface area contributed by atoms with Gasteiger partial charge in [-0.25, -0.2) is 0 Å². The molecule has 4 heteroatoms. The average Bonchev–Trinajstić information content (AvgIpc) is 2.33. The van der Waals surface area contributed by atoms with Gasteiger partial charge in [-0.15, -0.1) is 12.4 Å². The number of nitrogens with zero attached hydrogens (tertiary/aromatic N) is 1. The van der Waals surface area contributed by atoms with Gasteiger partial charge in [-0.05, 0) is 44.6 Å². The smallest absolute Gasteiger partial charge is 0.229 e. The van der Waals surface area contributed by atoms with Crippen LogP contribution in [0.4, 0.5) is 0 Å². The molecule has 2 fully saturated rings. The van der Waals surface area contributed by atoms with Crippen LogP contribution in [0.15, 0.2) is 0 Å². The summed E-state index contributed by atoms with van der Waals surface area (Å²) >= 11 is 0. The van der Waals surface area contributed by atoms with Gasteiger partial charge >= 0.3 is 0 Å². The molecule has 2 aliphatic heterocycles. The number of nitrogens with one attached hydrogen (secondary N) is 1. The van der Waals surface area contributed by atoms with E-state index < -0.39 is 0 Å². The van der Waals surface area contributed by atoms with Crippen LogP contribution in [-0.4, -0.2) is 37.0 Å². The highest BCUT2D eigenvalue weighted by molar-refractivity contribution is 5.85. The number of carbonyl (C=O) groups excluding carboxylic acids is 1. The minimum atomic E-state index is -0.154. The van der Waals surface area contributed by atoms with Gasteiger partial charge in [0, 0.05) is 19.6 Å². The minimum absolute atomic E-state index is 0. The number of rotatable bonds is 1. The fraction of sp³-hybridized carbons (Fsp3) is 0.929. The molecule has 0 saturated carbocycles. The Morgan fingerprint density at radius 2 is 2.06 bits per heavy atom. The van der Waals surface area contributed by atoms with Crippen molar-refractivity contribution in [1.82, 2.24) is 10.2 Å². The van der Waals surface area contributed by atoms with Gasteiger partial charge in [-0.3, -0.25) is 4.79 Å². The lowest BCUT2D eigenvalue weighted by Crippen LogP contribution is -2.53. The molecule has 0 aromatic rings. The fourth-order valence-corrected chi connectivity index (χ4v) is 3.07. The number of amides is 1. The highest BCUT2D eigenvalue weighted by atomic mass is 35.5. The molecular formula is C14H27ClN2O. The molecule has 0 spiro atoms. The number of hydrogen-bond acceptors (Lipinski definition) is 2. The summed E-state index contributed by atoms with van der Waals surface area (Å²) < 4.78 is 0. The van der Waals surface area contributed by atoms with Gasteiger partial charge in [0.05, 0.1) is 5.41 Å². The lowest BCUT2D eigenvalue weighted by atomic mass is 9.80. The molecule has 0 aromatic heterocycles. The molecule has 1 amide bonds. The van der Waals surface area contributed by atoms with E-state index in [9.17, 15) is 4.79 Å². The zero-order valence-electron chi connectivity index (χ0n) is 11.9. The van der Waals surface area contributed by atoms with E-state index in [-0.39, 0.29) is 17.8 Å². The van der Waals surface area contributed by atoms with E-state index in [2.05, 4.69) is 31.0 Å². The van der Waals surface area contributed by atoms with Gasteiger partial charge in [0.2, 0.25) is 5.91 Å². The molecule has 3 nitrogen and oxygen atoms in total. The van der Waals surface area contributed by atoms with Crippen LogP contribution < -0.4 is 5.32 Å². The van der Waals surface area contributed by atoms with Crippen LogP contribution in [0.25, 0.3) is 0 Å². The molecule has 2 heterocycles. The van der Waals surface area contributed by atoms with Crippen LogP contribution in [0.3, 0.4) is 0 Å². The van der Waals surface area contributed by atoms with Crippen LogP contribution in [0.1, 0.15) is 40.0 Å². The SMILES string of the molecule is CC1CCN(C(=O)C2(C)CCCNC2)CC1C.Cl. The van der Waals surface area contributed by atoms with E-state index in [1.807, 2.05) is 0 Å². The van der Waals surface area contributed by atoms with Gasteiger partial charge in [0.25, 0.3) is 0 Å². The van der Waals surface area contributed by atoms with Crippen LogP contribution in [0, 0.1) is 17.3 Å². The Bertz CT molecular complexity index is 290. The summed E-state index contributed by atoms with van der Waals surface area (Å²) in [5.74, 6) is 1.78. The molecule has 0 radical (unpaired) electrons. The first-order chi connectivity index (χ1) is 8.03. The Kier molecular flexibility index (Phi) is 5.47. The van der Waals surface area contributed by atoms with Crippen LogP contribution in [0.2, 0.25) is 0 Å². The molecule has 106 valence electrons. The summed E-state index contributed by atoms with van der Waals surface area (Å²) in [6, 6.07) is 0. The average molecular weight is 275 g/mol. The van der Waals surface area contributed by atoms with Crippen molar-refractivity contribution in [3.05, 3.63) is 0 Å². The zero-order chi connectivity index (χ0) is 12.5. The summed E-state index contributed by atoms with van der Waals surface area (Å²) in [5.41, 5.74) is -0.154. The predicted molar refractivity (Wildman–Crippen MR) is 77.0 cm³/mol. The number of likely N-dealkylation sites (tertiary alicyclic amines) is 1. The fourth-order valence-electron chi connectivity index (χ4n) is 3.07. The number of hydrogen-bond donors (Lipinski definition) is 1. The lowest BCUT2D eigenvalue weighted by molar-refractivity contribution is -0.144. The molecule has 3 unspecified atom stereocenters. The Labute approximate surface area is 117 Å². The molecule has 18 heavy (non-hydrogen) atoms. The van der Waals surface area contributed by atoms with E-state index >= 15 is 0 Å². The molecule has 0 aliphatic carbocycles. The molecular weight excluding hydrogens is 248 g/mol. The van der Waals surface area contributed by atoms with Gasteiger partial charge in [0.15, 0.2) is 0 Å². The summed E-state index contributed by atoms with van der Waals surface area (Å²) in [6.45, 7) is 10.5. The topological polar surface area (TPSA) is 32.3 Å². The summed E-state index contributed by atoms with van der Waals surface area (Å²) in [5, 5.41) is 3.37. The molecule has 0 aromatic carbocycles. The molecule has 2 saturated heterocycles. The van der Waals surface area contributed by atoms with Crippen molar-refractivity contribution in [2.75, 3.05) is 26.2 Å². The van der Waals surface area contributed by atoms with E-state index in [0.717, 1.165) is 51.4 Å². The standard InChI is InChI=1S/C14H26N2O.ClH/c1-11-5-8-16(9-12(11)2)13(17)14(3)6-4-7-15-10-14;/h11-12,15H,4-10H2,1-3H3;1H. The molecule has 2 rings (SSSR count). The van der Waals surface area contributed by atoms with Gasteiger partial charge in [-0.2, -0.15) is 0 Å². The highest BCUT2D eigenvalue weighted by Crippen LogP contribution is 2.31. The van der Waals surface area contributed by atoms with E-state index in [1.54, 1.807) is 0 Å². The molecule has 2 aliphatic rings. The lowest BCUT2D eigenvalue weighted by Gasteiger charge is -2.42. The highest BCUT2D eigenvalue weighted by Gasteiger charge is 2.39. The first kappa shape index (κ1) is 15.8. The van der Waals surface area contributed by atoms with Crippen molar-refractivity contribution in [2.24, 2.45) is 17.3 Å². The van der Waals surface area contributed by atoms with Crippen LogP contribution >= 0.6 is 12.4 Å². The molecule has 1 N–H and O–H groups in total. The monoisotopic (exact) mass is 274 g/mol. The van der Waals surface area contributed by atoms with Crippen molar-refractivity contribution in [3.8, 4) is 0 Å². The Hall–Kier alpha value is -0.280. The number of halogens is 1. The van der Waals surface area contributed by atoms with Crippen molar-refractivity contribution in [3.63, 3.8) is 0 Å². The van der Waals surface area contributed by atoms with Gasteiger partial charge in [0.1, 0.15) is 0 Å². The van der Waals surface area contributed by atoms with E-state index in [0.29, 0.717) is 11.8 Å². The maximum Gasteiger partial charge on any atom is 0.229 e. The second kappa shape index (κ2) is 6.25. The quantitative estimate of drug-likeness (QED) is 0.796. The summed E-state index contributed by atoms with van der Waals surface area (Å²) in [6.07, 6.45) is 3.33. The van der Waals surface area contributed by atoms with Crippen molar-refractivity contribution < 1.29 is 4.79 Å². The second-order valence-electron chi connectivity index (χ2n) is 6.34. The van der Waals surface area contributed by atoms with Gasteiger partial charge in [-0.1, -0.05) is 13.8 Å².